The molecule has 1 aliphatic heterocycles. The fourth-order valence-corrected chi connectivity index (χ4v) is 3.78. The average Bonchev–Trinajstić information content (AvgIpc) is 2.99. The summed E-state index contributed by atoms with van der Waals surface area (Å²) in [6.45, 7) is 5.15. The number of carbonyl (C=O) groups excluding carboxylic acids is 1. The van der Waals surface area contributed by atoms with Crippen LogP contribution in [0.5, 0.6) is 0 Å². The van der Waals surface area contributed by atoms with Crippen molar-refractivity contribution in [2.24, 2.45) is 0 Å². The van der Waals surface area contributed by atoms with Crippen LogP contribution in [0, 0.1) is 13.8 Å². The zero-order valence-electron chi connectivity index (χ0n) is 14.8. The molecule has 0 radical (unpaired) electrons. The van der Waals surface area contributed by atoms with Crippen LogP contribution < -0.4 is 0 Å². The number of nitrogens with zero attached hydrogens (tertiary/aromatic N) is 3. The topological polar surface area (TPSA) is 59.2 Å². The van der Waals surface area contributed by atoms with Gasteiger partial charge < -0.3 is 9.32 Å². The van der Waals surface area contributed by atoms with Gasteiger partial charge in [0.15, 0.2) is 5.65 Å². The fourth-order valence-electron chi connectivity index (χ4n) is 3.62. The van der Waals surface area contributed by atoms with Gasteiger partial charge in [0.1, 0.15) is 11.5 Å². The van der Waals surface area contributed by atoms with Gasteiger partial charge in [-0.05, 0) is 51.0 Å². The molecular formula is C20H20ClN3O2. The molecule has 0 spiro atoms. The second-order valence-corrected chi connectivity index (χ2v) is 7.27. The van der Waals surface area contributed by atoms with Gasteiger partial charge >= 0.3 is 0 Å². The van der Waals surface area contributed by atoms with Crippen molar-refractivity contribution in [1.82, 2.24) is 14.9 Å². The Labute approximate surface area is 157 Å². The normalized spacial score (nSPS) is 15.6. The third-order valence-corrected chi connectivity index (χ3v) is 5.21. The SMILES string of the molecule is Cc1cc(C(=O)N2CCC(c3ccc4cc(Cl)cnc4n3)CC2)c(C)o1. The minimum atomic E-state index is 0.0561. The molecule has 3 aromatic heterocycles. The summed E-state index contributed by atoms with van der Waals surface area (Å²) in [6.07, 6.45) is 3.42. The molecule has 4 heterocycles. The summed E-state index contributed by atoms with van der Waals surface area (Å²) in [6, 6.07) is 7.76. The molecule has 0 aromatic carbocycles. The van der Waals surface area contributed by atoms with Gasteiger partial charge in [-0.2, -0.15) is 0 Å². The van der Waals surface area contributed by atoms with E-state index in [1.807, 2.05) is 43.0 Å². The van der Waals surface area contributed by atoms with Crippen LogP contribution >= 0.6 is 11.6 Å². The van der Waals surface area contributed by atoms with Gasteiger partial charge in [-0.3, -0.25) is 4.79 Å². The summed E-state index contributed by atoms with van der Waals surface area (Å²) in [5, 5.41) is 1.56. The van der Waals surface area contributed by atoms with E-state index in [4.69, 9.17) is 21.0 Å². The van der Waals surface area contributed by atoms with Crippen LogP contribution in [0.3, 0.4) is 0 Å². The van der Waals surface area contributed by atoms with Crippen molar-refractivity contribution in [3.05, 3.63) is 58.3 Å². The van der Waals surface area contributed by atoms with E-state index >= 15 is 0 Å². The summed E-state index contributed by atoms with van der Waals surface area (Å²) in [4.78, 5) is 23.6. The highest BCUT2D eigenvalue weighted by molar-refractivity contribution is 6.31. The van der Waals surface area contributed by atoms with Gasteiger partial charge in [0.2, 0.25) is 0 Å². The number of amides is 1. The number of pyridine rings is 2. The number of piperidine rings is 1. The summed E-state index contributed by atoms with van der Waals surface area (Å²) in [5.41, 5.74) is 2.43. The summed E-state index contributed by atoms with van der Waals surface area (Å²) < 4.78 is 5.49. The predicted octanol–water partition coefficient (Wildman–Crippen LogP) is 4.51. The summed E-state index contributed by atoms with van der Waals surface area (Å²) in [7, 11) is 0. The van der Waals surface area contributed by atoms with E-state index in [1.165, 1.54) is 0 Å². The second kappa shape index (κ2) is 6.72. The maximum absolute atomic E-state index is 12.7. The van der Waals surface area contributed by atoms with Crippen molar-refractivity contribution in [3.63, 3.8) is 0 Å². The van der Waals surface area contributed by atoms with E-state index in [0.717, 1.165) is 48.4 Å². The first-order valence-electron chi connectivity index (χ1n) is 8.80. The van der Waals surface area contributed by atoms with E-state index < -0.39 is 0 Å². The highest BCUT2D eigenvalue weighted by Crippen LogP contribution is 2.29. The molecule has 0 unspecified atom stereocenters. The molecule has 0 saturated carbocycles. The Morgan fingerprint density at radius 2 is 2.00 bits per heavy atom. The lowest BCUT2D eigenvalue weighted by atomic mass is 9.92. The molecule has 4 rings (SSSR count). The predicted molar refractivity (Wildman–Crippen MR) is 101 cm³/mol. The molecule has 1 aliphatic rings. The van der Waals surface area contributed by atoms with Crippen LogP contribution in [0.4, 0.5) is 0 Å². The monoisotopic (exact) mass is 369 g/mol. The molecule has 3 aromatic rings. The van der Waals surface area contributed by atoms with Crippen LogP contribution in [0.25, 0.3) is 11.0 Å². The molecule has 5 nitrogen and oxygen atoms in total. The molecule has 0 N–H and O–H groups in total. The molecule has 6 heteroatoms. The first-order chi connectivity index (χ1) is 12.5. The van der Waals surface area contributed by atoms with Crippen molar-refractivity contribution in [3.8, 4) is 0 Å². The first kappa shape index (κ1) is 17.0. The Morgan fingerprint density at radius 1 is 1.23 bits per heavy atom. The standard InChI is InChI=1S/C20H20ClN3O2/c1-12-9-17(13(2)26-12)20(25)24-7-5-14(6-8-24)18-4-3-15-10-16(21)11-22-19(15)23-18/h3-4,9-11,14H,5-8H2,1-2H3. The van der Waals surface area contributed by atoms with Gasteiger partial charge in [0.05, 0.1) is 10.6 Å². The van der Waals surface area contributed by atoms with Gasteiger partial charge in [-0.25, -0.2) is 9.97 Å². The summed E-state index contributed by atoms with van der Waals surface area (Å²) in [5.74, 6) is 1.86. The van der Waals surface area contributed by atoms with Gasteiger partial charge in [0, 0.05) is 36.3 Å². The lowest BCUT2D eigenvalue weighted by Gasteiger charge is -2.31. The molecule has 1 fully saturated rings. The Bertz CT molecular complexity index is 974. The van der Waals surface area contributed by atoms with Gasteiger partial charge in [-0.1, -0.05) is 11.6 Å². The maximum Gasteiger partial charge on any atom is 0.257 e. The van der Waals surface area contributed by atoms with Crippen LogP contribution in [0.2, 0.25) is 5.02 Å². The number of aromatic nitrogens is 2. The van der Waals surface area contributed by atoms with E-state index in [0.29, 0.717) is 22.3 Å². The minimum absolute atomic E-state index is 0.0561. The van der Waals surface area contributed by atoms with Gasteiger partial charge in [-0.15, -0.1) is 0 Å². The number of fused-ring (bicyclic) bond motifs is 1. The number of hydrogen-bond donors (Lipinski definition) is 0. The fraction of sp³-hybridized carbons (Fsp3) is 0.350. The molecule has 0 aliphatic carbocycles. The van der Waals surface area contributed by atoms with Crippen LogP contribution in [-0.2, 0) is 0 Å². The molecule has 0 bridgehead atoms. The number of carbonyl (C=O) groups is 1. The van der Waals surface area contributed by atoms with Crippen molar-refractivity contribution in [2.45, 2.75) is 32.6 Å². The number of hydrogen-bond acceptors (Lipinski definition) is 4. The highest BCUT2D eigenvalue weighted by Gasteiger charge is 2.27. The van der Waals surface area contributed by atoms with Crippen LogP contribution in [0.1, 0.15) is 46.3 Å². The number of likely N-dealkylation sites (tertiary alicyclic amines) is 1. The number of rotatable bonds is 2. The lowest BCUT2D eigenvalue weighted by Crippen LogP contribution is -2.38. The molecular weight excluding hydrogens is 350 g/mol. The van der Waals surface area contributed by atoms with E-state index in [-0.39, 0.29) is 5.91 Å². The highest BCUT2D eigenvalue weighted by atomic mass is 35.5. The number of furan rings is 1. The van der Waals surface area contributed by atoms with Crippen molar-refractivity contribution < 1.29 is 9.21 Å². The van der Waals surface area contributed by atoms with Gasteiger partial charge in [0.25, 0.3) is 5.91 Å². The Balaban J connectivity index is 1.47. The molecule has 134 valence electrons. The smallest absolute Gasteiger partial charge is 0.257 e. The third kappa shape index (κ3) is 3.19. The third-order valence-electron chi connectivity index (χ3n) is 5.00. The first-order valence-corrected chi connectivity index (χ1v) is 9.17. The molecule has 0 atom stereocenters. The Hall–Kier alpha value is -2.40. The molecule has 1 saturated heterocycles. The molecule has 26 heavy (non-hydrogen) atoms. The van der Waals surface area contributed by atoms with E-state index in [2.05, 4.69) is 4.98 Å². The van der Waals surface area contributed by atoms with E-state index in [9.17, 15) is 4.79 Å². The van der Waals surface area contributed by atoms with Crippen LogP contribution in [-0.4, -0.2) is 33.9 Å². The number of halogens is 1. The number of aryl methyl sites for hydroxylation is 2. The average molecular weight is 370 g/mol. The van der Waals surface area contributed by atoms with Crippen molar-refractivity contribution in [2.75, 3.05) is 13.1 Å². The Kier molecular flexibility index (Phi) is 4.41. The minimum Gasteiger partial charge on any atom is -0.466 e. The zero-order valence-corrected chi connectivity index (χ0v) is 15.6. The lowest BCUT2D eigenvalue weighted by molar-refractivity contribution is 0.0710. The largest absolute Gasteiger partial charge is 0.466 e. The van der Waals surface area contributed by atoms with Crippen molar-refractivity contribution in [1.29, 1.82) is 0 Å². The molecule has 1 amide bonds. The Morgan fingerprint density at radius 3 is 2.69 bits per heavy atom. The van der Waals surface area contributed by atoms with Crippen molar-refractivity contribution >= 4 is 28.5 Å². The maximum atomic E-state index is 12.7. The van der Waals surface area contributed by atoms with E-state index in [1.54, 1.807) is 6.20 Å². The summed E-state index contributed by atoms with van der Waals surface area (Å²) >= 11 is 5.98. The zero-order chi connectivity index (χ0) is 18.3. The quantitative estimate of drug-likeness (QED) is 0.666. The second-order valence-electron chi connectivity index (χ2n) is 6.83. The van der Waals surface area contributed by atoms with Crippen LogP contribution in [0.15, 0.2) is 34.9 Å².